The number of nitrogens with zero attached hydrogens (tertiary/aromatic N) is 1. The number of benzene rings is 1. The molecule has 27 heavy (non-hydrogen) atoms. The lowest BCUT2D eigenvalue weighted by atomic mass is 9.99. The van der Waals surface area contributed by atoms with Gasteiger partial charge in [-0.25, -0.2) is 0 Å². The zero-order chi connectivity index (χ0) is 19.1. The fourth-order valence-electron chi connectivity index (χ4n) is 3.84. The van der Waals surface area contributed by atoms with Gasteiger partial charge in [-0.2, -0.15) is 0 Å². The molecule has 1 amide bonds. The van der Waals surface area contributed by atoms with E-state index < -0.39 is 5.60 Å². The predicted molar refractivity (Wildman–Crippen MR) is 108 cm³/mol. The van der Waals surface area contributed by atoms with E-state index in [4.69, 9.17) is 9.47 Å². The fraction of sp³-hybridized carbons (Fsp3) is 0.682. The summed E-state index contributed by atoms with van der Waals surface area (Å²) in [6.45, 7) is 8.45. The van der Waals surface area contributed by atoms with Crippen LogP contribution in [0.1, 0.15) is 52.4 Å². The number of hydrogen-bond donors (Lipinski definition) is 1. The Morgan fingerprint density at radius 1 is 1.15 bits per heavy atom. The van der Waals surface area contributed by atoms with Crippen LogP contribution in [0.4, 0.5) is 5.69 Å². The number of anilines is 1. The topological polar surface area (TPSA) is 50.8 Å². The molecule has 2 fully saturated rings. The van der Waals surface area contributed by atoms with Crippen LogP contribution < -0.4 is 10.1 Å². The highest BCUT2D eigenvalue weighted by atomic mass is 16.5. The molecule has 0 aromatic heterocycles. The van der Waals surface area contributed by atoms with Gasteiger partial charge in [0.25, 0.3) is 5.91 Å². The zero-order valence-corrected chi connectivity index (χ0v) is 16.8. The van der Waals surface area contributed by atoms with Crippen molar-refractivity contribution < 1.29 is 14.3 Å². The van der Waals surface area contributed by atoms with Crippen molar-refractivity contribution in [1.82, 2.24) is 4.90 Å². The third-order valence-electron chi connectivity index (χ3n) is 5.74. The van der Waals surface area contributed by atoms with E-state index in [0.29, 0.717) is 19.1 Å². The number of carbonyl (C=O) groups excluding carboxylic acids is 1. The second kappa shape index (κ2) is 9.56. The molecule has 1 atom stereocenters. The van der Waals surface area contributed by atoms with E-state index in [1.165, 1.54) is 38.8 Å². The SMILES string of the molecule is CCO[C@@](C)(C(=O)Nc1ccc(OCCN2CCCCCC2)cc1)C1CC1. The van der Waals surface area contributed by atoms with Gasteiger partial charge in [0.2, 0.25) is 0 Å². The van der Waals surface area contributed by atoms with Crippen LogP contribution in [0.5, 0.6) is 5.75 Å². The number of amides is 1. The molecule has 1 aromatic rings. The van der Waals surface area contributed by atoms with Gasteiger partial charge in [0.1, 0.15) is 18.0 Å². The molecule has 0 bridgehead atoms. The Kier molecular flexibility index (Phi) is 7.13. The Labute approximate surface area is 163 Å². The van der Waals surface area contributed by atoms with Gasteiger partial charge in [-0.1, -0.05) is 12.8 Å². The quantitative estimate of drug-likeness (QED) is 0.707. The molecular weight excluding hydrogens is 340 g/mol. The van der Waals surface area contributed by atoms with Crippen LogP contribution in [-0.4, -0.2) is 49.3 Å². The molecule has 0 unspecified atom stereocenters. The Balaban J connectivity index is 1.46. The van der Waals surface area contributed by atoms with E-state index in [0.717, 1.165) is 30.8 Å². The highest BCUT2D eigenvalue weighted by Crippen LogP contribution is 2.42. The number of likely N-dealkylation sites (tertiary alicyclic amines) is 1. The van der Waals surface area contributed by atoms with Gasteiger partial charge < -0.3 is 14.8 Å². The fourth-order valence-corrected chi connectivity index (χ4v) is 3.84. The first kappa shape index (κ1) is 20.2. The first-order valence-corrected chi connectivity index (χ1v) is 10.5. The van der Waals surface area contributed by atoms with Crippen molar-refractivity contribution in [2.45, 2.75) is 58.0 Å². The Bertz CT molecular complexity index is 592. The highest BCUT2D eigenvalue weighted by Gasteiger charge is 2.48. The van der Waals surface area contributed by atoms with E-state index >= 15 is 0 Å². The van der Waals surface area contributed by atoms with Crippen molar-refractivity contribution in [3.05, 3.63) is 24.3 Å². The minimum atomic E-state index is -0.725. The van der Waals surface area contributed by atoms with Crippen molar-refractivity contribution in [3.8, 4) is 5.75 Å². The summed E-state index contributed by atoms with van der Waals surface area (Å²) in [6.07, 6.45) is 7.44. The lowest BCUT2D eigenvalue weighted by Crippen LogP contribution is -2.44. The van der Waals surface area contributed by atoms with Crippen molar-refractivity contribution in [2.75, 3.05) is 38.2 Å². The van der Waals surface area contributed by atoms with E-state index in [9.17, 15) is 4.79 Å². The molecule has 1 saturated carbocycles. The van der Waals surface area contributed by atoms with E-state index in [2.05, 4.69) is 10.2 Å². The minimum Gasteiger partial charge on any atom is -0.492 e. The van der Waals surface area contributed by atoms with Gasteiger partial charge in [0.05, 0.1) is 0 Å². The Hall–Kier alpha value is -1.59. The smallest absolute Gasteiger partial charge is 0.256 e. The number of rotatable bonds is 9. The van der Waals surface area contributed by atoms with Gasteiger partial charge >= 0.3 is 0 Å². The molecule has 5 nitrogen and oxygen atoms in total. The summed E-state index contributed by atoms with van der Waals surface area (Å²) in [5, 5.41) is 3.00. The van der Waals surface area contributed by atoms with Crippen molar-refractivity contribution in [2.24, 2.45) is 5.92 Å². The maximum absolute atomic E-state index is 12.7. The van der Waals surface area contributed by atoms with Gasteiger partial charge in [0.15, 0.2) is 0 Å². The molecule has 1 aliphatic carbocycles. The second-order valence-corrected chi connectivity index (χ2v) is 7.90. The molecule has 1 aromatic carbocycles. The van der Waals surface area contributed by atoms with Gasteiger partial charge in [-0.3, -0.25) is 9.69 Å². The predicted octanol–water partition coefficient (Wildman–Crippen LogP) is 4.09. The molecule has 0 spiro atoms. The Morgan fingerprint density at radius 2 is 1.81 bits per heavy atom. The minimum absolute atomic E-state index is 0.0540. The molecule has 0 radical (unpaired) electrons. The molecule has 3 rings (SSSR count). The normalized spacial score (nSPS) is 20.5. The largest absolute Gasteiger partial charge is 0.492 e. The second-order valence-electron chi connectivity index (χ2n) is 7.90. The molecule has 1 heterocycles. The third kappa shape index (κ3) is 5.69. The van der Waals surface area contributed by atoms with Crippen LogP contribution >= 0.6 is 0 Å². The molecule has 1 N–H and O–H groups in total. The maximum atomic E-state index is 12.7. The van der Waals surface area contributed by atoms with Crippen LogP contribution in [-0.2, 0) is 9.53 Å². The van der Waals surface area contributed by atoms with E-state index in [1.807, 2.05) is 38.1 Å². The van der Waals surface area contributed by atoms with Crippen molar-refractivity contribution in [1.29, 1.82) is 0 Å². The van der Waals surface area contributed by atoms with Crippen molar-refractivity contribution >= 4 is 11.6 Å². The van der Waals surface area contributed by atoms with E-state index in [1.54, 1.807) is 0 Å². The molecule has 1 saturated heterocycles. The molecule has 150 valence electrons. The van der Waals surface area contributed by atoms with E-state index in [-0.39, 0.29) is 5.91 Å². The maximum Gasteiger partial charge on any atom is 0.256 e. The molecular formula is C22H34N2O3. The average Bonchev–Trinajstić information content (AvgIpc) is 3.51. The summed E-state index contributed by atoms with van der Waals surface area (Å²) in [7, 11) is 0. The standard InChI is InChI=1S/C22H34N2O3/c1-3-27-22(2,18-8-9-18)21(25)23-19-10-12-20(13-11-19)26-17-16-24-14-6-4-5-7-15-24/h10-13,18H,3-9,14-17H2,1-2H3,(H,23,25)/t22-/m1/s1. The van der Waals surface area contributed by atoms with Crippen LogP contribution in [0.25, 0.3) is 0 Å². The first-order valence-electron chi connectivity index (χ1n) is 10.5. The number of nitrogens with one attached hydrogen (secondary N) is 1. The summed E-state index contributed by atoms with van der Waals surface area (Å²) < 4.78 is 11.7. The number of ether oxygens (including phenoxy) is 2. The zero-order valence-electron chi connectivity index (χ0n) is 16.8. The summed E-state index contributed by atoms with van der Waals surface area (Å²) in [5.74, 6) is 1.12. The van der Waals surface area contributed by atoms with Crippen LogP contribution in [0.2, 0.25) is 0 Å². The first-order chi connectivity index (χ1) is 13.1. The Morgan fingerprint density at radius 3 is 2.41 bits per heavy atom. The lowest BCUT2D eigenvalue weighted by Gasteiger charge is -2.28. The van der Waals surface area contributed by atoms with Crippen LogP contribution in [0.15, 0.2) is 24.3 Å². The summed E-state index contributed by atoms with van der Waals surface area (Å²) in [5.41, 5.74) is 0.0586. The average molecular weight is 375 g/mol. The summed E-state index contributed by atoms with van der Waals surface area (Å²) in [4.78, 5) is 15.2. The summed E-state index contributed by atoms with van der Waals surface area (Å²) in [6, 6.07) is 7.65. The lowest BCUT2D eigenvalue weighted by molar-refractivity contribution is -0.141. The van der Waals surface area contributed by atoms with Crippen molar-refractivity contribution in [3.63, 3.8) is 0 Å². The monoisotopic (exact) mass is 374 g/mol. The van der Waals surface area contributed by atoms with Gasteiger partial charge in [-0.15, -0.1) is 0 Å². The summed E-state index contributed by atoms with van der Waals surface area (Å²) >= 11 is 0. The molecule has 1 aliphatic heterocycles. The van der Waals surface area contributed by atoms with Crippen LogP contribution in [0.3, 0.4) is 0 Å². The number of hydrogen-bond acceptors (Lipinski definition) is 4. The molecule has 5 heteroatoms. The third-order valence-corrected chi connectivity index (χ3v) is 5.74. The van der Waals surface area contributed by atoms with Crippen LogP contribution in [0, 0.1) is 5.92 Å². The van der Waals surface area contributed by atoms with Gasteiger partial charge in [0, 0.05) is 18.8 Å². The highest BCUT2D eigenvalue weighted by molar-refractivity contribution is 5.97. The molecule has 2 aliphatic rings. The number of carbonyl (C=O) groups is 1. The van der Waals surface area contributed by atoms with Gasteiger partial charge in [-0.05, 0) is 82.8 Å².